The van der Waals surface area contributed by atoms with Crippen LogP contribution in [-0.2, 0) is 11.2 Å². The molecule has 4 rings (SSSR count). The summed E-state index contributed by atoms with van der Waals surface area (Å²) in [6.07, 6.45) is 6.99. The number of likely N-dealkylation sites (tertiary alicyclic amines) is 1. The number of aromatic nitrogens is 2. The normalized spacial score (nSPS) is 20.8. The molecular formula is C20H21N3O3. The number of benzene rings is 1. The molecule has 0 bridgehead atoms. The molecule has 134 valence electrons. The summed E-state index contributed by atoms with van der Waals surface area (Å²) < 4.78 is 0. The summed E-state index contributed by atoms with van der Waals surface area (Å²) in [5.41, 5.74) is 0.967. The summed E-state index contributed by atoms with van der Waals surface area (Å²) in [7, 11) is 0. The van der Waals surface area contributed by atoms with Crippen LogP contribution < -0.4 is 0 Å². The molecule has 26 heavy (non-hydrogen) atoms. The van der Waals surface area contributed by atoms with E-state index in [0.717, 1.165) is 32.1 Å². The first-order valence-corrected chi connectivity index (χ1v) is 8.99. The number of aromatic carboxylic acids is 1. The van der Waals surface area contributed by atoms with Crippen LogP contribution in [0.5, 0.6) is 0 Å². The van der Waals surface area contributed by atoms with E-state index in [9.17, 15) is 9.59 Å². The lowest BCUT2D eigenvalue weighted by molar-refractivity contribution is -0.138. The van der Waals surface area contributed by atoms with Gasteiger partial charge in [0, 0.05) is 18.9 Å². The maximum absolute atomic E-state index is 13.3. The van der Waals surface area contributed by atoms with Crippen molar-refractivity contribution >= 4 is 11.9 Å². The first kappa shape index (κ1) is 16.7. The number of carboxylic acids is 1. The third-order valence-corrected chi connectivity index (χ3v) is 5.42. The highest BCUT2D eigenvalue weighted by molar-refractivity contribution is 5.87. The van der Waals surface area contributed by atoms with Crippen molar-refractivity contribution in [2.45, 2.75) is 38.1 Å². The zero-order valence-electron chi connectivity index (χ0n) is 14.5. The maximum Gasteiger partial charge on any atom is 0.338 e. The topological polar surface area (TPSA) is 83.4 Å². The van der Waals surface area contributed by atoms with Crippen molar-refractivity contribution in [3.8, 4) is 0 Å². The zero-order chi connectivity index (χ0) is 18.1. The Kier molecular flexibility index (Phi) is 4.18. The van der Waals surface area contributed by atoms with Crippen molar-refractivity contribution in [2.24, 2.45) is 5.41 Å². The second-order valence-electron chi connectivity index (χ2n) is 7.23. The molecule has 1 atom stereocenters. The fourth-order valence-corrected chi connectivity index (χ4v) is 3.81. The van der Waals surface area contributed by atoms with E-state index >= 15 is 0 Å². The molecule has 1 unspecified atom stereocenters. The van der Waals surface area contributed by atoms with Crippen LogP contribution in [0, 0.1) is 5.41 Å². The molecule has 2 fully saturated rings. The molecule has 6 heteroatoms. The lowest BCUT2D eigenvalue weighted by atomic mass is 9.94. The maximum atomic E-state index is 13.3. The van der Waals surface area contributed by atoms with Crippen molar-refractivity contribution in [2.75, 3.05) is 6.54 Å². The van der Waals surface area contributed by atoms with E-state index in [1.54, 1.807) is 0 Å². The van der Waals surface area contributed by atoms with Gasteiger partial charge in [-0.25, -0.2) is 14.8 Å². The van der Waals surface area contributed by atoms with Crippen molar-refractivity contribution in [3.05, 3.63) is 59.7 Å². The number of carbonyl (C=O) groups excluding carboxylic acids is 1. The molecule has 1 aliphatic carbocycles. The number of carboxylic acid groups (broad SMARTS) is 1. The van der Waals surface area contributed by atoms with Crippen LogP contribution in [0.3, 0.4) is 0 Å². The van der Waals surface area contributed by atoms with Gasteiger partial charge in [0.05, 0.1) is 17.0 Å². The van der Waals surface area contributed by atoms with Gasteiger partial charge >= 0.3 is 5.97 Å². The SMILES string of the molecule is O=C(O)c1cnc(C2CCCN2C(=O)C2(Cc3ccccc3)CC2)nc1. The van der Waals surface area contributed by atoms with Crippen LogP contribution in [0.25, 0.3) is 0 Å². The smallest absolute Gasteiger partial charge is 0.338 e. The Morgan fingerprint density at radius 2 is 1.85 bits per heavy atom. The quantitative estimate of drug-likeness (QED) is 0.895. The van der Waals surface area contributed by atoms with Crippen LogP contribution in [0.1, 0.15) is 53.5 Å². The number of rotatable bonds is 5. The number of nitrogens with zero attached hydrogens (tertiary/aromatic N) is 3. The van der Waals surface area contributed by atoms with Gasteiger partial charge < -0.3 is 10.0 Å². The number of hydrogen-bond donors (Lipinski definition) is 1. The minimum Gasteiger partial charge on any atom is -0.478 e. The van der Waals surface area contributed by atoms with E-state index in [2.05, 4.69) is 22.1 Å². The minimum absolute atomic E-state index is 0.0624. The molecular weight excluding hydrogens is 330 g/mol. The summed E-state index contributed by atoms with van der Waals surface area (Å²) in [4.78, 5) is 34.6. The average Bonchev–Trinajstić information content (AvgIpc) is 3.28. The molecule has 0 radical (unpaired) electrons. The Balaban J connectivity index is 1.52. The van der Waals surface area contributed by atoms with Gasteiger partial charge in [-0.05, 0) is 37.7 Å². The van der Waals surface area contributed by atoms with Crippen LogP contribution in [0.4, 0.5) is 0 Å². The van der Waals surface area contributed by atoms with Crippen LogP contribution in [0.2, 0.25) is 0 Å². The Hall–Kier alpha value is -2.76. The van der Waals surface area contributed by atoms with Gasteiger partial charge in [0.2, 0.25) is 5.91 Å². The largest absolute Gasteiger partial charge is 0.478 e. The summed E-state index contributed by atoms with van der Waals surface area (Å²) in [5, 5.41) is 8.99. The van der Waals surface area contributed by atoms with Gasteiger partial charge in [0.15, 0.2) is 5.82 Å². The molecule has 0 spiro atoms. The Morgan fingerprint density at radius 3 is 2.46 bits per heavy atom. The minimum atomic E-state index is -1.05. The highest BCUT2D eigenvalue weighted by Gasteiger charge is 2.53. The predicted molar refractivity (Wildman–Crippen MR) is 94.5 cm³/mol. The molecule has 1 aliphatic heterocycles. The lowest BCUT2D eigenvalue weighted by Crippen LogP contribution is -2.38. The Labute approximate surface area is 151 Å². The molecule has 2 aliphatic rings. The number of hydrogen-bond acceptors (Lipinski definition) is 4. The molecule has 1 aromatic carbocycles. The lowest BCUT2D eigenvalue weighted by Gasteiger charge is -2.28. The summed E-state index contributed by atoms with van der Waals surface area (Å²) in [5.74, 6) is -0.318. The van der Waals surface area contributed by atoms with Gasteiger partial charge in [-0.1, -0.05) is 30.3 Å². The van der Waals surface area contributed by atoms with E-state index in [1.807, 2.05) is 23.1 Å². The summed E-state index contributed by atoms with van der Waals surface area (Å²) >= 11 is 0. The summed E-state index contributed by atoms with van der Waals surface area (Å²) in [6.45, 7) is 0.712. The van der Waals surface area contributed by atoms with Gasteiger partial charge in [0.1, 0.15) is 0 Å². The molecule has 6 nitrogen and oxygen atoms in total. The third kappa shape index (κ3) is 3.07. The third-order valence-electron chi connectivity index (χ3n) is 5.42. The highest BCUT2D eigenvalue weighted by atomic mass is 16.4. The van der Waals surface area contributed by atoms with Crippen molar-refractivity contribution in [3.63, 3.8) is 0 Å². The second kappa shape index (κ2) is 6.52. The first-order valence-electron chi connectivity index (χ1n) is 8.99. The molecule has 1 N–H and O–H groups in total. The molecule has 1 saturated carbocycles. The number of amides is 1. The van der Waals surface area contributed by atoms with E-state index < -0.39 is 5.97 Å². The molecule has 1 amide bonds. The molecule has 2 aromatic rings. The van der Waals surface area contributed by atoms with Gasteiger partial charge in [-0.15, -0.1) is 0 Å². The van der Waals surface area contributed by atoms with Gasteiger partial charge in [-0.3, -0.25) is 4.79 Å². The first-order chi connectivity index (χ1) is 12.6. The fraction of sp³-hybridized carbons (Fsp3) is 0.400. The van der Waals surface area contributed by atoms with Crippen molar-refractivity contribution in [1.82, 2.24) is 14.9 Å². The Bertz CT molecular complexity index is 816. The second-order valence-corrected chi connectivity index (χ2v) is 7.23. The van der Waals surface area contributed by atoms with Crippen molar-refractivity contribution < 1.29 is 14.7 Å². The molecule has 1 aromatic heterocycles. The van der Waals surface area contributed by atoms with Crippen molar-refractivity contribution in [1.29, 1.82) is 0 Å². The monoisotopic (exact) mass is 351 g/mol. The van der Waals surface area contributed by atoms with Crippen LogP contribution >= 0.6 is 0 Å². The van der Waals surface area contributed by atoms with E-state index in [-0.39, 0.29) is 22.9 Å². The standard InChI is InChI=1S/C20H21N3O3/c24-18(25)15-12-21-17(22-13-15)16-7-4-10-23(16)19(26)20(8-9-20)11-14-5-2-1-3-6-14/h1-3,5-6,12-13,16H,4,7-11H2,(H,24,25). The highest BCUT2D eigenvalue weighted by Crippen LogP contribution is 2.51. The van der Waals surface area contributed by atoms with Gasteiger partial charge in [-0.2, -0.15) is 0 Å². The van der Waals surface area contributed by atoms with Crippen LogP contribution in [0.15, 0.2) is 42.7 Å². The molecule has 1 saturated heterocycles. The predicted octanol–water partition coefficient (Wildman–Crippen LogP) is 2.86. The average molecular weight is 351 g/mol. The van der Waals surface area contributed by atoms with Crippen LogP contribution in [-0.4, -0.2) is 38.4 Å². The van der Waals surface area contributed by atoms with E-state index in [4.69, 9.17) is 5.11 Å². The number of carbonyl (C=O) groups is 2. The fourth-order valence-electron chi connectivity index (χ4n) is 3.81. The molecule has 2 heterocycles. The van der Waals surface area contributed by atoms with E-state index in [0.29, 0.717) is 12.4 Å². The zero-order valence-corrected chi connectivity index (χ0v) is 14.5. The van der Waals surface area contributed by atoms with E-state index in [1.165, 1.54) is 18.0 Å². The van der Waals surface area contributed by atoms with Gasteiger partial charge in [0.25, 0.3) is 0 Å². The summed E-state index contributed by atoms with van der Waals surface area (Å²) in [6, 6.07) is 9.99. The Morgan fingerprint density at radius 1 is 1.15 bits per heavy atom.